The monoisotopic (exact) mass is 305 g/mol. The Labute approximate surface area is 131 Å². The maximum Gasteiger partial charge on any atom is 0.127 e. The smallest absolute Gasteiger partial charge is 0.127 e. The van der Waals surface area contributed by atoms with Crippen molar-refractivity contribution in [2.45, 2.75) is 46.2 Å². The molecule has 1 aromatic carbocycles. The fourth-order valence-corrected chi connectivity index (χ4v) is 2.45. The maximum absolute atomic E-state index is 12.9. The highest BCUT2D eigenvalue weighted by atomic mass is 19.1. The van der Waals surface area contributed by atoms with Gasteiger partial charge in [-0.25, -0.2) is 9.07 Å². The zero-order chi connectivity index (χ0) is 16.1. The van der Waals surface area contributed by atoms with Gasteiger partial charge in [0, 0.05) is 11.6 Å². The Morgan fingerprint density at radius 1 is 1.27 bits per heavy atom. The van der Waals surface area contributed by atoms with Crippen LogP contribution in [0.25, 0.3) is 0 Å². The number of hydrogen-bond donors (Lipinski definition) is 2. The first-order chi connectivity index (χ1) is 10.5. The molecular formula is C17H24FN3O. The molecule has 2 aromatic rings. The van der Waals surface area contributed by atoms with Crippen LogP contribution in [0.1, 0.15) is 30.2 Å². The van der Waals surface area contributed by atoms with Gasteiger partial charge < -0.3 is 10.4 Å². The molecular weight excluding hydrogens is 281 g/mol. The van der Waals surface area contributed by atoms with Crippen LogP contribution in [0.2, 0.25) is 0 Å². The van der Waals surface area contributed by atoms with Gasteiger partial charge in [-0.15, -0.1) is 0 Å². The van der Waals surface area contributed by atoms with Gasteiger partial charge in [0.2, 0.25) is 0 Å². The van der Waals surface area contributed by atoms with E-state index in [4.69, 9.17) is 5.11 Å². The van der Waals surface area contributed by atoms with Gasteiger partial charge in [-0.1, -0.05) is 12.1 Å². The van der Waals surface area contributed by atoms with E-state index in [1.54, 1.807) is 0 Å². The minimum Gasteiger partial charge on any atom is -0.394 e. The zero-order valence-corrected chi connectivity index (χ0v) is 13.4. The van der Waals surface area contributed by atoms with Crippen molar-refractivity contribution in [2.24, 2.45) is 0 Å². The SMILES string of the molecule is Cc1nn(CCO)c(NC(C)CCc2ccc(F)cc2)c1C. The van der Waals surface area contributed by atoms with Gasteiger partial charge in [-0.05, 0) is 51.3 Å². The van der Waals surface area contributed by atoms with Crippen LogP contribution in [-0.2, 0) is 13.0 Å². The van der Waals surface area contributed by atoms with Gasteiger partial charge >= 0.3 is 0 Å². The van der Waals surface area contributed by atoms with Crippen LogP contribution in [0.3, 0.4) is 0 Å². The van der Waals surface area contributed by atoms with Crippen molar-refractivity contribution >= 4 is 5.82 Å². The molecule has 1 atom stereocenters. The molecule has 2 rings (SSSR count). The third-order valence-electron chi connectivity index (χ3n) is 3.90. The number of aliphatic hydroxyl groups excluding tert-OH is 1. The van der Waals surface area contributed by atoms with E-state index in [0.717, 1.165) is 35.5 Å². The van der Waals surface area contributed by atoms with Gasteiger partial charge in [0.1, 0.15) is 11.6 Å². The average molecular weight is 305 g/mol. The lowest BCUT2D eigenvalue weighted by Crippen LogP contribution is -2.20. The minimum atomic E-state index is -0.200. The molecule has 5 heteroatoms. The van der Waals surface area contributed by atoms with Crippen LogP contribution in [0.15, 0.2) is 24.3 Å². The molecule has 0 fully saturated rings. The van der Waals surface area contributed by atoms with Crippen molar-refractivity contribution in [2.75, 3.05) is 11.9 Å². The average Bonchev–Trinajstić information content (AvgIpc) is 2.75. The minimum absolute atomic E-state index is 0.0687. The number of aromatic nitrogens is 2. The molecule has 0 aliphatic carbocycles. The number of aliphatic hydroxyl groups is 1. The van der Waals surface area contributed by atoms with E-state index in [-0.39, 0.29) is 18.5 Å². The van der Waals surface area contributed by atoms with E-state index >= 15 is 0 Å². The topological polar surface area (TPSA) is 50.1 Å². The number of halogens is 1. The lowest BCUT2D eigenvalue weighted by Gasteiger charge is -2.17. The number of rotatable bonds is 7. The Balaban J connectivity index is 1.96. The van der Waals surface area contributed by atoms with Gasteiger partial charge in [0.15, 0.2) is 0 Å². The fourth-order valence-electron chi connectivity index (χ4n) is 2.45. The largest absolute Gasteiger partial charge is 0.394 e. The van der Waals surface area contributed by atoms with E-state index in [1.807, 2.05) is 30.7 Å². The molecule has 22 heavy (non-hydrogen) atoms. The van der Waals surface area contributed by atoms with Crippen molar-refractivity contribution in [1.82, 2.24) is 9.78 Å². The Bertz CT molecular complexity index is 607. The highest BCUT2D eigenvalue weighted by molar-refractivity contribution is 5.47. The quantitative estimate of drug-likeness (QED) is 0.826. The number of anilines is 1. The molecule has 0 saturated heterocycles. The first kappa shape index (κ1) is 16.5. The molecule has 4 nitrogen and oxygen atoms in total. The highest BCUT2D eigenvalue weighted by Crippen LogP contribution is 2.20. The Kier molecular flexibility index (Phi) is 5.55. The second kappa shape index (κ2) is 7.40. The Morgan fingerprint density at radius 2 is 1.95 bits per heavy atom. The zero-order valence-electron chi connectivity index (χ0n) is 13.4. The molecule has 0 radical (unpaired) electrons. The summed E-state index contributed by atoms with van der Waals surface area (Å²) in [6, 6.07) is 6.91. The summed E-state index contributed by atoms with van der Waals surface area (Å²) < 4.78 is 14.7. The normalized spacial score (nSPS) is 12.4. The second-order valence-electron chi connectivity index (χ2n) is 5.72. The lowest BCUT2D eigenvalue weighted by molar-refractivity contribution is 0.270. The number of nitrogens with one attached hydrogen (secondary N) is 1. The summed E-state index contributed by atoms with van der Waals surface area (Å²) in [5.74, 6) is 0.770. The van der Waals surface area contributed by atoms with Gasteiger partial charge in [0.25, 0.3) is 0 Å². The van der Waals surface area contributed by atoms with Crippen molar-refractivity contribution in [1.29, 1.82) is 0 Å². The van der Waals surface area contributed by atoms with Crippen LogP contribution in [0.4, 0.5) is 10.2 Å². The van der Waals surface area contributed by atoms with E-state index in [0.29, 0.717) is 6.54 Å². The number of hydrogen-bond acceptors (Lipinski definition) is 3. The first-order valence-electron chi connectivity index (χ1n) is 7.67. The fraction of sp³-hybridized carbons (Fsp3) is 0.471. The van der Waals surface area contributed by atoms with E-state index in [2.05, 4.69) is 17.3 Å². The highest BCUT2D eigenvalue weighted by Gasteiger charge is 2.13. The molecule has 0 aliphatic heterocycles. The molecule has 0 amide bonds. The second-order valence-corrected chi connectivity index (χ2v) is 5.72. The third-order valence-corrected chi connectivity index (χ3v) is 3.90. The number of benzene rings is 1. The molecule has 1 aromatic heterocycles. The van der Waals surface area contributed by atoms with Crippen LogP contribution in [-0.4, -0.2) is 27.5 Å². The summed E-state index contributed by atoms with van der Waals surface area (Å²) in [6.07, 6.45) is 1.83. The van der Waals surface area contributed by atoms with Crippen LogP contribution in [0.5, 0.6) is 0 Å². The molecule has 2 N–H and O–H groups in total. The van der Waals surface area contributed by atoms with Crippen molar-refractivity contribution in [3.8, 4) is 0 Å². The predicted molar refractivity (Wildman–Crippen MR) is 86.6 cm³/mol. The van der Waals surface area contributed by atoms with Crippen LogP contribution in [0, 0.1) is 19.7 Å². The summed E-state index contributed by atoms with van der Waals surface area (Å²) in [4.78, 5) is 0. The van der Waals surface area contributed by atoms with E-state index in [1.165, 1.54) is 12.1 Å². The molecule has 0 aliphatic rings. The molecule has 1 heterocycles. The predicted octanol–water partition coefficient (Wildman–Crippen LogP) is 3.06. The summed E-state index contributed by atoms with van der Waals surface area (Å²) in [7, 11) is 0. The summed E-state index contributed by atoms with van der Waals surface area (Å²) in [6.45, 7) is 6.68. The van der Waals surface area contributed by atoms with Gasteiger partial charge in [0.05, 0.1) is 18.8 Å². The van der Waals surface area contributed by atoms with Crippen molar-refractivity contribution in [3.05, 3.63) is 46.9 Å². The summed E-state index contributed by atoms with van der Waals surface area (Å²) in [5, 5.41) is 17.0. The molecule has 0 spiro atoms. The number of nitrogens with zero attached hydrogens (tertiary/aromatic N) is 2. The van der Waals surface area contributed by atoms with E-state index < -0.39 is 0 Å². The summed E-state index contributed by atoms with van der Waals surface area (Å²) >= 11 is 0. The van der Waals surface area contributed by atoms with Crippen LogP contribution >= 0.6 is 0 Å². The van der Waals surface area contributed by atoms with Gasteiger partial charge in [-0.2, -0.15) is 5.10 Å². The molecule has 0 saturated carbocycles. The molecule has 0 bridgehead atoms. The maximum atomic E-state index is 12.9. The van der Waals surface area contributed by atoms with Crippen molar-refractivity contribution in [3.63, 3.8) is 0 Å². The third kappa shape index (κ3) is 4.07. The summed E-state index contributed by atoms with van der Waals surface area (Å²) in [5.41, 5.74) is 3.22. The first-order valence-corrected chi connectivity index (χ1v) is 7.67. The lowest BCUT2D eigenvalue weighted by atomic mass is 10.1. The molecule has 1 unspecified atom stereocenters. The standard InChI is InChI=1S/C17H24FN3O/c1-12(4-5-15-6-8-16(18)9-7-15)19-17-13(2)14(3)20-21(17)10-11-22/h6-9,12,19,22H,4-5,10-11H2,1-3H3. The number of aryl methyl sites for hydroxylation is 2. The van der Waals surface area contributed by atoms with Gasteiger partial charge in [-0.3, -0.25) is 0 Å². The van der Waals surface area contributed by atoms with E-state index in [9.17, 15) is 4.39 Å². The van der Waals surface area contributed by atoms with Crippen molar-refractivity contribution < 1.29 is 9.50 Å². The molecule has 120 valence electrons. The Morgan fingerprint density at radius 3 is 2.59 bits per heavy atom. The Hall–Kier alpha value is -1.88. The van der Waals surface area contributed by atoms with Crippen LogP contribution < -0.4 is 5.32 Å².